The fourth-order valence-electron chi connectivity index (χ4n) is 2.63. The average molecular weight is 390 g/mol. The lowest BCUT2D eigenvalue weighted by Gasteiger charge is -2.10. The van der Waals surface area contributed by atoms with Crippen LogP contribution >= 0.6 is 0 Å². The first kappa shape index (κ1) is 19.0. The van der Waals surface area contributed by atoms with E-state index in [1.807, 2.05) is 6.92 Å². The Labute approximate surface area is 156 Å². The van der Waals surface area contributed by atoms with Crippen LogP contribution in [0.1, 0.15) is 29.4 Å². The lowest BCUT2D eigenvalue weighted by molar-refractivity contribution is 0.0945. The van der Waals surface area contributed by atoms with Gasteiger partial charge in [-0.2, -0.15) is 0 Å². The molecule has 3 aromatic rings. The molecule has 142 valence electrons. The summed E-state index contributed by atoms with van der Waals surface area (Å²) in [7, 11) is -3.52. The monoisotopic (exact) mass is 390 g/mol. The van der Waals surface area contributed by atoms with Gasteiger partial charge in [0.2, 0.25) is 0 Å². The summed E-state index contributed by atoms with van der Waals surface area (Å²) in [4.78, 5) is 20.9. The van der Waals surface area contributed by atoms with E-state index in [1.54, 1.807) is 16.7 Å². The molecule has 7 nitrogen and oxygen atoms in total. The zero-order valence-electron chi connectivity index (χ0n) is 14.9. The van der Waals surface area contributed by atoms with Gasteiger partial charge < -0.3 is 9.88 Å². The summed E-state index contributed by atoms with van der Waals surface area (Å²) >= 11 is 0. The molecule has 0 fully saturated rings. The first-order valence-corrected chi connectivity index (χ1v) is 10.3. The van der Waals surface area contributed by atoms with Crippen LogP contribution in [0.4, 0.5) is 4.39 Å². The number of amides is 1. The van der Waals surface area contributed by atoms with E-state index in [0.717, 1.165) is 18.2 Å². The van der Waals surface area contributed by atoms with Gasteiger partial charge in [0.1, 0.15) is 17.0 Å². The summed E-state index contributed by atoms with van der Waals surface area (Å²) in [5, 5.41) is 2.64. The Balaban J connectivity index is 2.11. The number of nitrogens with zero attached hydrogens (tertiary/aromatic N) is 3. The molecule has 0 spiro atoms. The minimum atomic E-state index is -3.52. The van der Waals surface area contributed by atoms with Gasteiger partial charge in [-0.15, -0.1) is 0 Å². The Hall–Kier alpha value is -2.81. The van der Waals surface area contributed by atoms with Gasteiger partial charge in [-0.25, -0.2) is 22.8 Å². The SMILES string of the molecule is CCCNC(=O)c1cc2nc(S(C)(=O)=O)cnc2n1Cc1ccc(F)cc1. The van der Waals surface area contributed by atoms with E-state index in [0.29, 0.717) is 23.4 Å². The minimum absolute atomic E-state index is 0.158. The highest BCUT2D eigenvalue weighted by atomic mass is 32.2. The van der Waals surface area contributed by atoms with E-state index in [4.69, 9.17) is 0 Å². The highest BCUT2D eigenvalue weighted by molar-refractivity contribution is 7.90. The molecular formula is C18H19FN4O3S. The molecule has 27 heavy (non-hydrogen) atoms. The molecular weight excluding hydrogens is 371 g/mol. The summed E-state index contributed by atoms with van der Waals surface area (Å²) in [6, 6.07) is 7.43. The molecule has 3 rings (SSSR count). The van der Waals surface area contributed by atoms with Gasteiger partial charge in [0.15, 0.2) is 20.5 Å². The highest BCUT2D eigenvalue weighted by Crippen LogP contribution is 2.20. The lowest BCUT2D eigenvalue weighted by Crippen LogP contribution is -2.26. The van der Waals surface area contributed by atoms with Gasteiger partial charge in [-0.1, -0.05) is 19.1 Å². The van der Waals surface area contributed by atoms with Crippen LogP contribution in [-0.4, -0.2) is 41.7 Å². The Bertz CT molecular complexity index is 1090. The Morgan fingerprint density at radius 3 is 2.59 bits per heavy atom. The number of carbonyl (C=O) groups is 1. The van der Waals surface area contributed by atoms with Crippen molar-refractivity contribution in [3.05, 3.63) is 53.6 Å². The standard InChI is InChI=1S/C18H19FN4O3S/c1-3-8-20-18(24)15-9-14-17(21-10-16(22-14)27(2,25)26)23(15)11-12-4-6-13(19)7-5-12/h4-7,9-10H,3,8,11H2,1-2H3,(H,20,24). The molecule has 0 radical (unpaired) electrons. The molecule has 0 bridgehead atoms. The molecule has 0 saturated heterocycles. The molecule has 1 aromatic carbocycles. The molecule has 9 heteroatoms. The molecule has 2 aromatic heterocycles. The second kappa shape index (κ2) is 7.43. The van der Waals surface area contributed by atoms with Crippen molar-refractivity contribution in [2.75, 3.05) is 12.8 Å². The number of sulfone groups is 1. The Kier molecular flexibility index (Phi) is 5.22. The number of carbonyl (C=O) groups excluding carboxylic acids is 1. The summed E-state index contributed by atoms with van der Waals surface area (Å²) in [6.45, 7) is 2.72. The molecule has 0 saturated carbocycles. The van der Waals surface area contributed by atoms with E-state index in [1.165, 1.54) is 24.4 Å². The molecule has 0 aliphatic heterocycles. The maximum Gasteiger partial charge on any atom is 0.268 e. The van der Waals surface area contributed by atoms with Crippen molar-refractivity contribution in [3.8, 4) is 0 Å². The maximum absolute atomic E-state index is 13.2. The summed E-state index contributed by atoms with van der Waals surface area (Å²) in [5.74, 6) is -0.658. The number of fused-ring (bicyclic) bond motifs is 1. The van der Waals surface area contributed by atoms with Crippen molar-refractivity contribution in [3.63, 3.8) is 0 Å². The van der Waals surface area contributed by atoms with Crippen molar-refractivity contribution in [2.24, 2.45) is 0 Å². The number of halogens is 1. The first-order valence-electron chi connectivity index (χ1n) is 8.38. The second-order valence-electron chi connectivity index (χ2n) is 6.19. The van der Waals surface area contributed by atoms with Crippen LogP contribution in [0.25, 0.3) is 11.2 Å². The normalized spacial score (nSPS) is 11.7. The van der Waals surface area contributed by atoms with Gasteiger partial charge in [-0.05, 0) is 30.2 Å². The van der Waals surface area contributed by atoms with E-state index in [-0.39, 0.29) is 23.3 Å². The van der Waals surface area contributed by atoms with Crippen LogP contribution in [0.5, 0.6) is 0 Å². The number of rotatable bonds is 6. The van der Waals surface area contributed by atoms with E-state index >= 15 is 0 Å². The predicted molar refractivity (Wildman–Crippen MR) is 98.8 cm³/mol. The number of hydrogen-bond donors (Lipinski definition) is 1. The first-order chi connectivity index (χ1) is 12.8. The molecule has 0 atom stereocenters. The third kappa shape index (κ3) is 4.13. The molecule has 0 aliphatic rings. The maximum atomic E-state index is 13.2. The van der Waals surface area contributed by atoms with Crippen molar-refractivity contribution in [1.29, 1.82) is 0 Å². The second-order valence-corrected chi connectivity index (χ2v) is 8.15. The largest absolute Gasteiger partial charge is 0.351 e. The average Bonchev–Trinajstić information content (AvgIpc) is 2.98. The van der Waals surface area contributed by atoms with Crippen LogP contribution in [-0.2, 0) is 16.4 Å². The molecule has 0 aliphatic carbocycles. The Morgan fingerprint density at radius 2 is 1.96 bits per heavy atom. The van der Waals surface area contributed by atoms with Crippen molar-refractivity contribution < 1.29 is 17.6 Å². The summed E-state index contributed by atoms with van der Waals surface area (Å²) in [6.07, 6.45) is 3.00. The van der Waals surface area contributed by atoms with Gasteiger partial charge in [0.25, 0.3) is 5.91 Å². The van der Waals surface area contributed by atoms with Crippen LogP contribution in [0.2, 0.25) is 0 Å². The number of benzene rings is 1. The van der Waals surface area contributed by atoms with E-state index in [2.05, 4.69) is 15.3 Å². The van der Waals surface area contributed by atoms with Crippen molar-refractivity contribution in [1.82, 2.24) is 19.9 Å². The fraction of sp³-hybridized carbons (Fsp3) is 0.278. The van der Waals surface area contributed by atoms with E-state index in [9.17, 15) is 17.6 Å². The van der Waals surface area contributed by atoms with Crippen LogP contribution in [0, 0.1) is 5.82 Å². The molecule has 1 N–H and O–H groups in total. The summed E-state index contributed by atoms with van der Waals surface area (Å²) in [5.41, 5.74) is 1.77. The van der Waals surface area contributed by atoms with E-state index < -0.39 is 9.84 Å². The highest BCUT2D eigenvalue weighted by Gasteiger charge is 2.19. The third-order valence-corrected chi connectivity index (χ3v) is 4.94. The smallest absolute Gasteiger partial charge is 0.268 e. The predicted octanol–water partition coefficient (Wildman–Crippen LogP) is 2.16. The third-order valence-electron chi connectivity index (χ3n) is 3.98. The zero-order valence-corrected chi connectivity index (χ0v) is 15.8. The van der Waals surface area contributed by atoms with Gasteiger partial charge >= 0.3 is 0 Å². The zero-order chi connectivity index (χ0) is 19.6. The van der Waals surface area contributed by atoms with Gasteiger partial charge in [-0.3, -0.25) is 4.79 Å². The van der Waals surface area contributed by atoms with Gasteiger partial charge in [0.05, 0.1) is 6.20 Å². The van der Waals surface area contributed by atoms with Crippen LogP contribution in [0.3, 0.4) is 0 Å². The Morgan fingerprint density at radius 1 is 1.26 bits per heavy atom. The van der Waals surface area contributed by atoms with Crippen LogP contribution in [0.15, 0.2) is 41.6 Å². The summed E-state index contributed by atoms with van der Waals surface area (Å²) < 4.78 is 38.3. The topological polar surface area (TPSA) is 93.9 Å². The number of aromatic nitrogens is 3. The lowest BCUT2D eigenvalue weighted by atomic mass is 10.2. The van der Waals surface area contributed by atoms with Crippen molar-refractivity contribution in [2.45, 2.75) is 24.9 Å². The van der Waals surface area contributed by atoms with Crippen molar-refractivity contribution >= 4 is 26.9 Å². The minimum Gasteiger partial charge on any atom is -0.351 e. The van der Waals surface area contributed by atoms with Crippen LogP contribution < -0.4 is 5.32 Å². The molecule has 1 amide bonds. The number of hydrogen-bond acceptors (Lipinski definition) is 5. The molecule has 2 heterocycles. The quantitative estimate of drug-likeness (QED) is 0.696. The molecule has 0 unspecified atom stereocenters. The fourth-order valence-corrected chi connectivity index (χ4v) is 3.14. The number of nitrogens with one attached hydrogen (secondary N) is 1. The van der Waals surface area contributed by atoms with Gasteiger partial charge in [0, 0.05) is 19.3 Å².